The Morgan fingerprint density at radius 3 is 2.60 bits per heavy atom. The van der Waals surface area contributed by atoms with Crippen LogP contribution in [0.2, 0.25) is 0 Å². The molecule has 2 heterocycles. The average Bonchev–Trinajstić information content (AvgIpc) is 2.75. The van der Waals surface area contributed by atoms with E-state index in [1.54, 1.807) is 0 Å². The minimum Gasteiger partial charge on any atom is -0.477 e. The highest BCUT2D eigenvalue weighted by Crippen LogP contribution is 2.05. The second-order valence-corrected chi connectivity index (χ2v) is 3.81. The highest BCUT2D eigenvalue weighted by Gasteiger charge is 2.11. The predicted octanol–water partition coefficient (Wildman–Crippen LogP) is -1.33. The van der Waals surface area contributed by atoms with E-state index in [1.807, 2.05) is 4.98 Å². The number of hydrogen-bond donors (Lipinski definition) is 5. The molecule has 2 rings (SSSR count). The van der Waals surface area contributed by atoms with Gasteiger partial charge in [-0.2, -0.15) is 5.10 Å². The molecule has 0 fully saturated rings. The summed E-state index contributed by atoms with van der Waals surface area (Å²) in [7, 11) is 0. The molecule has 0 aliphatic carbocycles. The minimum atomic E-state index is -1.21. The number of carbonyl (C=O) groups is 2. The fourth-order valence-electron chi connectivity index (χ4n) is 1.47. The van der Waals surface area contributed by atoms with Crippen LogP contribution in [-0.4, -0.2) is 37.1 Å². The molecule has 0 aliphatic heterocycles. The van der Waals surface area contributed by atoms with Gasteiger partial charge in [-0.3, -0.25) is 19.7 Å². The van der Waals surface area contributed by atoms with E-state index in [4.69, 9.17) is 5.11 Å². The Hall–Kier alpha value is -3.17. The quantitative estimate of drug-likeness (QED) is 0.465. The first-order valence-corrected chi connectivity index (χ1v) is 5.35. The van der Waals surface area contributed by atoms with Crippen molar-refractivity contribution in [3.8, 4) is 0 Å². The summed E-state index contributed by atoms with van der Waals surface area (Å²) in [5.41, 5.74) is -1.38. The Bertz CT molecular complexity index is 742. The summed E-state index contributed by atoms with van der Waals surface area (Å²) in [6.07, 6.45) is -0.256. The molecule has 0 bridgehead atoms. The third-order valence-corrected chi connectivity index (χ3v) is 2.24. The second-order valence-electron chi connectivity index (χ2n) is 3.81. The van der Waals surface area contributed by atoms with Gasteiger partial charge in [0, 0.05) is 17.8 Å². The molecule has 0 aliphatic rings. The molecule has 0 saturated carbocycles. The maximum absolute atomic E-state index is 11.6. The maximum Gasteiger partial charge on any atom is 0.353 e. The summed E-state index contributed by atoms with van der Waals surface area (Å²) in [5.74, 6) is -1.74. The van der Waals surface area contributed by atoms with E-state index < -0.39 is 23.1 Å². The first-order chi connectivity index (χ1) is 9.44. The summed E-state index contributed by atoms with van der Waals surface area (Å²) >= 11 is 0. The summed E-state index contributed by atoms with van der Waals surface area (Å²) in [6, 6.07) is 2.22. The van der Waals surface area contributed by atoms with Gasteiger partial charge in [0.2, 0.25) is 5.91 Å². The van der Waals surface area contributed by atoms with Crippen molar-refractivity contribution in [1.82, 2.24) is 20.2 Å². The molecule has 0 atom stereocenters. The van der Waals surface area contributed by atoms with Gasteiger partial charge >= 0.3 is 11.7 Å². The Balaban J connectivity index is 2.06. The number of carboxylic acid groups (broad SMARTS) is 1. The predicted molar refractivity (Wildman–Crippen MR) is 65.6 cm³/mol. The topological polar surface area (TPSA) is 161 Å². The average molecular weight is 279 g/mol. The summed E-state index contributed by atoms with van der Waals surface area (Å²) < 4.78 is 0. The van der Waals surface area contributed by atoms with Gasteiger partial charge in [-0.25, -0.2) is 9.59 Å². The highest BCUT2D eigenvalue weighted by molar-refractivity contribution is 5.93. The molecule has 10 nitrogen and oxygen atoms in total. The number of carbonyl (C=O) groups excluding carboxylic acids is 1. The zero-order valence-corrected chi connectivity index (χ0v) is 9.89. The molecule has 5 N–H and O–H groups in total. The van der Waals surface area contributed by atoms with E-state index in [9.17, 15) is 19.2 Å². The van der Waals surface area contributed by atoms with Crippen LogP contribution in [0.4, 0.5) is 5.82 Å². The van der Waals surface area contributed by atoms with Crippen LogP contribution in [0.3, 0.4) is 0 Å². The second kappa shape index (κ2) is 5.22. The molecule has 0 radical (unpaired) electrons. The van der Waals surface area contributed by atoms with Crippen LogP contribution in [0.25, 0.3) is 0 Å². The molecule has 2 aromatic rings. The van der Waals surface area contributed by atoms with Gasteiger partial charge in [0.1, 0.15) is 5.69 Å². The third-order valence-electron chi connectivity index (χ3n) is 2.24. The minimum absolute atomic E-state index is 0.0274. The van der Waals surface area contributed by atoms with Gasteiger partial charge < -0.3 is 15.4 Å². The van der Waals surface area contributed by atoms with Crippen LogP contribution in [0.1, 0.15) is 16.2 Å². The highest BCUT2D eigenvalue weighted by atomic mass is 16.4. The van der Waals surface area contributed by atoms with Gasteiger partial charge in [-0.1, -0.05) is 0 Å². The van der Waals surface area contributed by atoms with E-state index in [2.05, 4.69) is 20.5 Å². The van der Waals surface area contributed by atoms with Gasteiger partial charge in [0.15, 0.2) is 5.82 Å². The van der Waals surface area contributed by atoms with Crippen LogP contribution in [0.5, 0.6) is 0 Å². The molecule has 104 valence electrons. The lowest BCUT2D eigenvalue weighted by Crippen LogP contribution is -2.25. The number of H-pyrrole nitrogens is 3. The molecule has 0 saturated heterocycles. The van der Waals surface area contributed by atoms with Gasteiger partial charge in [-0.15, -0.1) is 0 Å². The number of aromatic carboxylic acids is 1. The van der Waals surface area contributed by atoms with Crippen molar-refractivity contribution in [3.05, 3.63) is 44.4 Å². The largest absolute Gasteiger partial charge is 0.477 e. The lowest BCUT2D eigenvalue weighted by atomic mass is 10.3. The molecule has 20 heavy (non-hydrogen) atoms. The van der Waals surface area contributed by atoms with Crippen LogP contribution >= 0.6 is 0 Å². The van der Waals surface area contributed by atoms with Crippen molar-refractivity contribution in [1.29, 1.82) is 0 Å². The molecular formula is C10H9N5O5. The standard InChI is InChI=1S/C10H9N5O5/c16-7(1-4-2-8(17)13-10(20)11-4)12-6-3-5(9(18)19)14-15-6/h2-3H,1H2,(H,18,19)(H2,11,13,17,20)(H2,12,14,15,16). The summed E-state index contributed by atoms with van der Waals surface area (Å²) in [6.45, 7) is 0. The lowest BCUT2D eigenvalue weighted by molar-refractivity contribution is -0.115. The lowest BCUT2D eigenvalue weighted by Gasteiger charge is -2.01. The fraction of sp³-hybridized carbons (Fsp3) is 0.100. The number of anilines is 1. The first-order valence-electron chi connectivity index (χ1n) is 5.35. The van der Waals surface area contributed by atoms with Crippen molar-refractivity contribution in [3.63, 3.8) is 0 Å². The van der Waals surface area contributed by atoms with E-state index >= 15 is 0 Å². The Kier molecular flexibility index (Phi) is 3.46. The number of amides is 1. The van der Waals surface area contributed by atoms with Crippen molar-refractivity contribution >= 4 is 17.7 Å². The van der Waals surface area contributed by atoms with Crippen molar-refractivity contribution < 1.29 is 14.7 Å². The molecule has 10 heteroatoms. The molecule has 0 aromatic carbocycles. The molecule has 1 amide bonds. The number of rotatable bonds is 4. The van der Waals surface area contributed by atoms with Crippen LogP contribution in [0, 0.1) is 0 Å². The van der Waals surface area contributed by atoms with Crippen LogP contribution in [0.15, 0.2) is 21.7 Å². The third kappa shape index (κ3) is 3.19. The van der Waals surface area contributed by atoms with Crippen molar-refractivity contribution in [2.24, 2.45) is 0 Å². The monoisotopic (exact) mass is 279 g/mol. The van der Waals surface area contributed by atoms with E-state index in [1.165, 1.54) is 0 Å². The molecule has 0 spiro atoms. The Labute approximate surface area is 109 Å². The number of nitrogens with one attached hydrogen (secondary N) is 4. The Morgan fingerprint density at radius 2 is 2.00 bits per heavy atom. The number of hydrogen-bond acceptors (Lipinski definition) is 5. The number of nitrogens with zero attached hydrogens (tertiary/aromatic N) is 1. The zero-order valence-electron chi connectivity index (χ0n) is 9.89. The molecule has 0 unspecified atom stereocenters. The SMILES string of the molecule is O=C(Cc1cc(=O)[nH]c(=O)[nH]1)Nc1cc(C(=O)O)[nH]n1. The zero-order chi connectivity index (χ0) is 14.7. The molecular weight excluding hydrogens is 270 g/mol. The normalized spacial score (nSPS) is 10.2. The Morgan fingerprint density at radius 1 is 1.25 bits per heavy atom. The number of aromatic nitrogens is 4. The van der Waals surface area contributed by atoms with Gasteiger partial charge in [-0.05, 0) is 0 Å². The summed E-state index contributed by atoms with van der Waals surface area (Å²) in [5, 5.41) is 16.8. The number of aromatic amines is 3. The van der Waals surface area contributed by atoms with Crippen LogP contribution in [-0.2, 0) is 11.2 Å². The number of carboxylic acids is 1. The first kappa shape index (κ1) is 13.3. The maximum atomic E-state index is 11.6. The van der Waals surface area contributed by atoms with Gasteiger partial charge in [0.25, 0.3) is 5.56 Å². The van der Waals surface area contributed by atoms with Crippen LogP contribution < -0.4 is 16.6 Å². The fourth-order valence-corrected chi connectivity index (χ4v) is 1.47. The van der Waals surface area contributed by atoms with E-state index in [0.29, 0.717) is 0 Å². The van der Waals surface area contributed by atoms with Crippen molar-refractivity contribution in [2.75, 3.05) is 5.32 Å². The smallest absolute Gasteiger partial charge is 0.353 e. The van der Waals surface area contributed by atoms with E-state index in [-0.39, 0.29) is 23.6 Å². The van der Waals surface area contributed by atoms with Crippen molar-refractivity contribution in [2.45, 2.75) is 6.42 Å². The summed E-state index contributed by atoms with van der Waals surface area (Å²) in [4.78, 5) is 48.5. The van der Waals surface area contributed by atoms with Gasteiger partial charge in [0.05, 0.1) is 6.42 Å². The van der Waals surface area contributed by atoms with E-state index in [0.717, 1.165) is 12.1 Å². The molecule has 2 aromatic heterocycles.